The van der Waals surface area contributed by atoms with Crippen LogP contribution in [-0.2, 0) is 11.2 Å². The summed E-state index contributed by atoms with van der Waals surface area (Å²) in [5, 5.41) is 5.06. The summed E-state index contributed by atoms with van der Waals surface area (Å²) in [6, 6.07) is 6.26. The van der Waals surface area contributed by atoms with E-state index in [0.717, 1.165) is 37.1 Å². The molecule has 2 nitrogen and oxygen atoms in total. The molecule has 0 saturated carbocycles. The van der Waals surface area contributed by atoms with Crippen molar-refractivity contribution in [1.82, 2.24) is 5.32 Å². The molecule has 1 N–H and O–H groups in total. The second-order valence-corrected chi connectivity index (χ2v) is 6.33. The zero-order valence-electron chi connectivity index (χ0n) is 12.0. The van der Waals surface area contributed by atoms with E-state index in [1.807, 2.05) is 18.2 Å². The van der Waals surface area contributed by atoms with Gasteiger partial charge in [-0.2, -0.15) is 0 Å². The summed E-state index contributed by atoms with van der Waals surface area (Å²) in [4.78, 5) is 0. The Kier molecular flexibility index (Phi) is 6.63. The quantitative estimate of drug-likeness (QED) is 0.843. The van der Waals surface area contributed by atoms with Crippen LogP contribution in [-0.4, -0.2) is 25.8 Å². The van der Waals surface area contributed by atoms with E-state index in [1.165, 1.54) is 24.8 Å². The fraction of sp³-hybridized carbons (Fsp3) is 0.625. The van der Waals surface area contributed by atoms with Crippen molar-refractivity contribution in [1.29, 1.82) is 0 Å². The van der Waals surface area contributed by atoms with Crippen molar-refractivity contribution in [3.8, 4) is 0 Å². The molecule has 1 unspecified atom stereocenters. The van der Waals surface area contributed by atoms with Gasteiger partial charge in [0.2, 0.25) is 0 Å². The highest BCUT2D eigenvalue weighted by Crippen LogP contribution is 2.25. The van der Waals surface area contributed by atoms with Gasteiger partial charge in [0.1, 0.15) is 0 Å². The Bertz CT molecular complexity index is 419. The van der Waals surface area contributed by atoms with Crippen molar-refractivity contribution in [2.75, 3.05) is 19.8 Å². The second kappa shape index (κ2) is 8.23. The highest BCUT2D eigenvalue weighted by Gasteiger charge is 2.19. The largest absolute Gasteiger partial charge is 0.381 e. The average molecular weight is 316 g/mol. The van der Waals surface area contributed by atoms with Crippen LogP contribution in [0.25, 0.3) is 0 Å². The number of hydrogen-bond acceptors (Lipinski definition) is 2. The van der Waals surface area contributed by atoms with Crippen LogP contribution < -0.4 is 5.32 Å². The minimum Gasteiger partial charge on any atom is -0.381 e. The molecule has 0 bridgehead atoms. The molecule has 0 spiro atoms. The van der Waals surface area contributed by atoms with Crippen molar-refractivity contribution < 1.29 is 4.74 Å². The maximum absolute atomic E-state index is 6.28. The van der Waals surface area contributed by atoms with Gasteiger partial charge in [-0.05, 0) is 55.8 Å². The Morgan fingerprint density at radius 1 is 1.30 bits per heavy atom. The first-order valence-corrected chi connectivity index (χ1v) is 8.19. The molecule has 1 aliphatic rings. The Hall–Kier alpha value is -0.280. The lowest BCUT2D eigenvalue weighted by molar-refractivity contribution is 0.0606. The van der Waals surface area contributed by atoms with Gasteiger partial charge in [-0.25, -0.2) is 0 Å². The van der Waals surface area contributed by atoms with Crippen molar-refractivity contribution >= 4 is 23.2 Å². The van der Waals surface area contributed by atoms with Crippen LogP contribution in [0.5, 0.6) is 0 Å². The van der Waals surface area contributed by atoms with E-state index in [9.17, 15) is 0 Å². The predicted octanol–water partition coefficient (Wildman–Crippen LogP) is 4.33. The van der Waals surface area contributed by atoms with Gasteiger partial charge < -0.3 is 10.1 Å². The van der Waals surface area contributed by atoms with Crippen LogP contribution in [0.15, 0.2) is 18.2 Å². The maximum atomic E-state index is 6.28. The summed E-state index contributed by atoms with van der Waals surface area (Å²) in [6.07, 6.45) is 4.50. The van der Waals surface area contributed by atoms with Gasteiger partial charge in [0.15, 0.2) is 0 Å². The van der Waals surface area contributed by atoms with Crippen LogP contribution in [0.2, 0.25) is 10.0 Å². The second-order valence-electron chi connectivity index (χ2n) is 5.49. The first-order chi connectivity index (χ1) is 9.69. The summed E-state index contributed by atoms with van der Waals surface area (Å²) in [7, 11) is 0. The molecule has 1 saturated heterocycles. The number of benzene rings is 1. The molecule has 1 fully saturated rings. The molecular formula is C16H23Cl2NO. The molecule has 1 aliphatic heterocycles. The SMILES string of the molecule is CCNC(Cc1ccc(Cl)cc1Cl)CC1CCOCC1. The number of halogens is 2. The van der Waals surface area contributed by atoms with E-state index in [1.54, 1.807) is 0 Å². The molecule has 1 heterocycles. The Balaban J connectivity index is 1.96. The molecule has 0 aliphatic carbocycles. The van der Waals surface area contributed by atoms with Crippen LogP contribution in [0.1, 0.15) is 31.7 Å². The van der Waals surface area contributed by atoms with Gasteiger partial charge in [0.05, 0.1) is 0 Å². The first kappa shape index (κ1) is 16.1. The molecule has 0 amide bonds. The Morgan fingerprint density at radius 2 is 2.05 bits per heavy atom. The third-order valence-electron chi connectivity index (χ3n) is 3.93. The van der Waals surface area contributed by atoms with Crippen LogP contribution in [0, 0.1) is 5.92 Å². The minimum atomic E-state index is 0.474. The molecule has 1 atom stereocenters. The van der Waals surface area contributed by atoms with Gasteiger partial charge in [0, 0.05) is 29.3 Å². The van der Waals surface area contributed by atoms with Crippen LogP contribution >= 0.6 is 23.2 Å². The number of ether oxygens (including phenoxy) is 1. The van der Waals surface area contributed by atoms with E-state index < -0.39 is 0 Å². The first-order valence-electron chi connectivity index (χ1n) is 7.44. The number of likely N-dealkylation sites (N-methyl/N-ethyl adjacent to an activating group) is 1. The third kappa shape index (κ3) is 4.92. The molecule has 0 aromatic heterocycles. The topological polar surface area (TPSA) is 21.3 Å². The molecular weight excluding hydrogens is 293 g/mol. The van der Waals surface area contributed by atoms with E-state index in [-0.39, 0.29) is 0 Å². The normalized spacial score (nSPS) is 18.1. The summed E-state index contributed by atoms with van der Waals surface area (Å²) in [5.74, 6) is 0.763. The smallest absolute Gasteiger partial charge is 0.0468 e. The van der Waals surface area contributed by atoms with Gasteiger partial charge in [-0.3, -0.25) is 0 Å². The molecule has 1 aromatic carbocycles. The van der Waals surface area contributed by atoms with Gasteiger partial charge in [0.25, 0.3) is 0 Å². The van der Waals surface area contributed by atoms with Crippen molar-refractivity contribution in [2.45, 2.75) is 38.6 Å². The summed E-state index contributed by atoms with van der Waals surface area (Å²) < 4.78 is 5.44. The molecule has 112 valence electrons. The highest BCUT2D eigenvalue weighted by atomic mass is 35.5. The lowest BCUT2D eigenvalue weighted by Gasteiger charge is -2.27. The van der Waals surface area contributed by atoms with Crippen molar-refractivity contribution in [3.63, 3.8) is 0 Å². The lowest BCUT2D eigenvalue weighted by atomic mass is 9.90. The van der Waals surface area contributed by atoms with Gasteiger partial charge in [-0.15, -0.1) is 0 Å². The molecule has 20 heavy (non-hydrogen) atoms. The van der Waals surface area contributed by atoms with E-state index in [4.69, 9.17) is 27.9 Å². The monoisotopic (exact) mass is 315 g/mol. The molecule has 0 radical (unpaired) electrons. The predicted molar refractivity (Wildman–Crippen MR) is 85.8 cm³/mol. The molecule has 2 rings (SSSR count). The fourth-order valence-electron chi connectivity index (χ4n) is 2.86. The van der Waals surface area contributed by atoms with E-state index in [0.29, 0.717) is 11.1 Å². The highest BCUT2D eigenvalue weighted by molar-refractivity contribution is 6.35. The maximum Gasteiger partial charge on any atom is 0.0468 e. The van der Waals surface area contributed by atoms with Crippen LogP contribution in [0.4, 0.5) is 0 Å². The summed E-state index contributed by atoms with van der Waals surface area (Å²) in [6.45, 7) is 4.95. The van der Waals surface area contributed by atoms with Crippen molar-refractivity contribution in [2.24, 2.45) is 5.92 Å². The van der Waals surface area contributed by atoms with E-state index in [2.05, 4.69) is 12.2 Å². The molecule has 1 aromatic rings. The Morgan fingerprint density at radius 3 is 2.70 bits per heavy atom. The minimum absolute atomic E-state index is 0.474. The summed E-state index contributed by atoms with van der Waals surface area (Å²) in [5.41, 5.74) is 1.18. The number of nitrogens with one attached hydrogen (secondary N) is 1. The number of rotatable bonds is 6. The van der Waals surface area contributed by atoms with Crippen LogP contribution in [0.3, 0.4) is 0 Å². The number of hydrogen-bond donors (Lipinski definition) is 1. The lowest BCUT2D eigenvalue weighted by Crippen LogP contribution is -2.34. The van der Waals surface area contributed by atoms with Gasteiger partial charge >= 0.3 is 0 Å². The van der Waals surface area contributed by atoms with Gasteiger partial charge in [-0.1, -0.05) is 36.2 Å². The standard InChI is InChI=1S/C16H23Cl2NO/c1-2-19-15(9-12-5-7-20-8-6-12)10-13-3-4-14(17)11-16(13)18/h3-4,11-12,15,19H,2,5-10H2,1H3. The van der Waals surface area contributed by atoms with E-state index >= 15 is 0 Å². The van der Waals surface area contributed by atoms with Crippen molar-refractivity contribution in [3.05, 3.63) is 33.8 Å². The Labute approximate surface area is 131 Å². The third-order valence-corrected chi connectivity index (χ3v) is 4.52. The summed E-state index contributed by atoms with van der Waals surface area (Å²) >= 11 is 12.2. The fourth-order valence-corrected chi connectivity index (χ4v) is 3.35. The zero-order chi connectivity index (χ0) is 14.4. The molecule has 4 heteroatoms. The zero-order valence-corrected chi connectivity index (χ0v) is 13.5. The average Bonchev–Trinajstić information content (AvgIpc) is 2.43.